The number of carboxylic acids is 1. The van der Waals surface area contributed by atoms with Crippen LogP contribution < -0.4 is 0 Å². The van der Waals surface area contributed by atoms with Crippen LogP contribution in [0.25, 0.3) is 0 Å². The van der Waals surface area contributed by atoms with Crippen molar-refractivity contribution in [3.05, 3.63) is 23.0 Å². The average Bonchev–Trinajstić information content (AvgIpc) is 2.65. The first-order valence-electron chi connectivity index (χ1n) is 6.54. The molecule has 19 heavy (non-hydrogen) atoms. The number of methoxy groups -OCH3 is 1. The van der Waals surface area contributed by atoms with E-state index >= 15 is 0 Å². The maximum Gasteiger partial charge on any atom is 0.337 e. The smallest absolute Gasteiger partial charge is 0.337 e. The van der Waals surface area contributed by atoms with E-state index in [1.165, 1.54) is 0 Å². The summed E-state index contributed by atoms with van der Waals surface area (Å²) in [6.07, 6.45) is 1.94. The topological polar surface area (TPSA) is 60.7 Å². The van der Waals surface area contributed by atoms with Crippen LogP contribution in [-0.4, -0.2) is 42.6 Å². The highest BCUT2D eigenvalue weighted by Crippen LogP contribution is 2.15. The zero-order chi connectivity index (χ0) is 14.3. The third-order valence-electron chi connectivity index (χ3n) is 3.16. The molecule has 1 heterocycles. The fourth-order valence-electron chi connectivity index (χ4n) is 2.08. The fourth-order valence-corrected chi connectivity index (χ4v) is 2.08. The standard InChI is InChI=1S/C14H23NO4/c1-11-10-13(14(16)17)12(2)15(11)6-4-5-7-19-9-8-18-3/h10H,4-9H2,1-3H3,(H,16,17). The molecular weight excluding hydrogens is 246 g/mol. The van der Waals surface area contributed by atoms with Crippen LogP contribution in [0.2, 0.25) is 0 Å². The molecule has 0 saturated carbocycles. The second kappa shape index (κ2) is 7.96. The summed E-state index contributed by atoms with van der Waals surface area (Å²) in [4.78, 5) is 11.0. The normalized spacial score (nSPS) is 10.9. The molecule has 1 aromatic rings. The SMILES string of the molecule is COCCOCCCCn1c(C)cc(C(=O)O)c1C. The molecule has 108 valence electrons. The molecule has 0 unspecified atom stereocenters. The van der Waals surface area contributed by atoms with E-state index in [4.69, 9.17) is 14.6 Å². The highest BCUT2D eigenvalue weighted by molar-refractivity contribution is 5.89. The van der Waals surface area contributed by atoms with Crippen molar-refractivity contribution in [2.24, 2.45) is 0 Å². The number of rotatable bonds is 9. The lowest BCUT2D eigenvalue weighted by Crippen LogP contribution is -2.07. The third kappa shape index (κ3) is 4.69. The lowest BCUT2D eigenvalue weighted by atomic mass is 10.2. The van der Waals surface area contributed by atoms with E-state index in [1.54, 1.807) is 13.2 Å². The molecule has 0 radical (unpaired) electrons. The first-order chi connectivity index (χ1) is 9.07. The monoisotopic (exact) mass is 269 g/mol. The molecule has 0 aliphatic carbocycles. The van der Waals surface area contributed by atoms with Crippen LogP contribution in [0.4, 0.5) is 0 Å². The number of hydrogen-bond donors (Lipinski definition) is 1. The molecule has 5 heteroatoms. The molecule has 0 fully saturated rings. The molecule has 0 aliphatic rings. The molecule has 0 atom stereocenters. The summed E-state index contributed by atoms with van der Waals surface area (Å²) >= 11 is 0. The molecule has 1 rings (SSSR count). The quantitative estimate of drug-likeness (QED) is 0.698. The van der Waals surface area contributed by atoms with Gasteiger partial charge in [-0.2, -0.15) is 0 Å². The summed E-state index contributed by atoms with van der Waals surface area (Å²) in [5.74, 6) is -0.859. The Labute approximate surface area is 114 Å². The van der Waals surface area contributed by atoms with Crippen LogP contribution >= 0.6 is 0 Å². The van der Waals surface area contributed by atoms with Crippen LogP contribution in [0.5, 0.6) is 0 Å². The van der Waals surface area contributed by atoms with Crippen molar-refractivity contribution in [3.63, 3.8) is 0 Å². The minimum absolute atomic E-state index is 0.397. The van der Waals surface area contributed by atoms with Gasteiger partial charge in [0.05, 0.1) is 18.8 Å². The second-order valence-corrected chi connectivity index (χ2v) is 4.55. The maximum atomic E-state index is 11.0. The summed E-state index contributed by atoms with van der Waals surface area (Å²) in [7, 11) is 1.65. The first kappa shape index (κ1) is 15.7. The number of nitrogens with zero attached hydrogens (tertiary/aromatic N) is 1. The molecule has 0 aliphatic heterocycles. The maximum absolute atomic E-state index is 11.0. The highest BCUT2D eigenvalue weighted by Gasteiger charge is 2.13. The Balaban J connectivity index is 2.35. The number of aryl methyl sites for hydroxylation is 1. The van der Waals surface area contributed by atoms with Crippen LogP contribution in [0.3, 0.4) is 0 Å². The Morgan fingerprint density at radius 1 is 1.26 bits per heavy atom. The zero-order valence-electron chi connectivity index (χ0n) is 11.9. The Hall–Kier alpha value is -1.33. The fraction of sp³-hybridized carbons (Fsp3) is 0.643. The molecule has 1 aromatic heterocycles. The van der Waals surface area contributed by atoms with Gasteiger partial charge in [0.15, 0.2) is 0 Å². The van der Waals surface area contributed by atoms with Gasteiger partial charge in [-0.05, 0) is 32.8 Å². The van der Waals surface area contributed by atoms with Crippen molar-refractivity contribution in [1.29, 1.82) is 0 Å². The number of carbonyl (C=O) groups is 1. The van der Waals surface area contributed by atoms with Crippen LogP contribution in [-0.2, 0) is 16.0 Å². The Morgan fingerprint density at radius 2 is 2.00 bits per heavy atom. The van der Waals surface area contributed by atoms with E-state index < -0.39 is 5.97 Å². The number of hydrogen-bond acceptors (Lipinski definition) is 3. The van der Waals surface area contributed by atoms with E-state index in [0.717, 1.165) is 30.8 Å². The zero-order valence-corrected chi connectivity index (χ0v) is 11.9. The van der Waals surface area contributed by atoms with Crippen LogP contribution in [0.1, 0.15) is 34.6 Å². The lowest BCUT2D eigenvalue weighted by Gasteiger charge is -2.09. The Morgan fingerprint density at radius 3 is 2.58 bits per heavy atom. The van der Waals surface area contributed by atoms with Crippen molar-refractivity contribution in [2.45, 2.75) is 33.2 Å². The van der Waals surface area contributed by atoms with Crippen molar-refractivity contribution in [1.82, 2.24) is 4.57 Å². The largest absolute Gasteiger partial charge is 0.478 e. The molecule has 0 aromatic carbocycles. The van der Waals surface area contributed by atoms with Gasteiger partial charge < -0.3 is 19.1 Å². The van der Waals surface area contributed by atoms with Crippen molar-refractivity contribution in [3.8, 4) is 0 Å². The summed E-state index contributed by atoms with van der Waals surface area (Å²) in [6.45, 7) is 6.59. The Bertz CT molecular complexity index is 412. The van der Waals surface area contributed by atoms with Gasteiger partial charge in [-0.15, -0.1) is 0 Å². The van der Waals surface area contributed by atoms with E-state index in [0.29, 0.717) is 25.4 Å². The van der Waals surface area contributed by atoms with E-state index in [9.17, 15) is 4.79 Å². The highest BCUT2D eigenvalue weighted by atomic mass is 16.5. The number of aromatic carboxylic acids is 1. The van der Waals surface area contributed by atoms with E-state index in [1.807, 2.05) is 13.8 Å². The second-order valence-electron chi connectivity index (χ2n) is 4.55. The minimum Gasteiger partial charge on any atom is -0.478 e. The van der Waals surface area contributed by atoms with Gasteiger partial charge in [0.1, 0.15) is 0 Å². The molecule has 0 amide bonds. The van der Waals surface area contributed by atoms with Gasteiger partial charge in [0.25, 0.3) is 0 Å². The van der Waals surface area contributed by atoms with Gasteiger partial charge in [0.2, 0.25) is 0 Å². The molecule has 0 spiro atoms. The Kier molecular flexibility index (Phi) is 6.59. The van der Waals surface area contributed by atoms with Crippen molar-refractivity contribution < 1.29 is 19.4 Å². The van der Waals surface area contributed by atoms with Crippen molar-refractivity contribution in [2.75, 3.05) is 26.9 Å². The summed E-state index contributed by atoms with van der Waals surface area (Å²) in [5, 5.41) is 9.05. The lowest BCUT2D eigenvalue weighted by molar-refractivity contribution is 0.0683. The molecular formula is C14H23NO4. The van der Waals surface area contributed by atoms with Gasteiger partial charge in [-0.25, -0.2) is 4.79 Å². The summed E-state index contributed by atoms with van der Waals surface area (Å²) in [5.41, 5.74) is 2.22. The predicted octanol–water partition coefficient (Wildman–Crippen LogP) is 2.25. The predicted molar refractivity (Wildman–Crippen MR) is 72.8 cm³/mol. The van der Waals surface area contributed by atoms with Gasteiger partial charge in [-0.1, -0.05) is 0 Å². The van der Waals surface area contributed by atoms with Crippen molar-refractivity contribution >= 4 is 5.97 Å². The average molecular weight is 269 g/mol. The number of carboxylic acid groups (broad SMARTS) is 1. The van der Waals surface area contributed by atoms with Gasteiger partial charge in [0, 0.05) is 31.6 Å². The van der Waals surface area contributed by atoms with Crippen LogP contribution in [0, 0.1) is 13.8 Å². The number of ether oxygens (including phenoxy) is 2. The third-order valence-corrected chi connectivity index (χ3v) is 3.16. The van der Waals surface area contributed by atoms with Gasteiger partial charge >= 0.3 is 5.97 Å². The first-order valence-corrected chi connectivity index (χ1v) is 6.54. The van der Waals surface area contributed by atoms with E-state index in [2.05, 4.69) is 4.57 Å². The number of aromatic nitrogens is 1. The molecule has 5 nitrogen and oxygen atoms in total. The summed E-state index contributed by atoms with van der Waals surface area (Å²) in [6, 6.07) is 1.73. The molecule has 0 bridgehead atoms. The molecule has 1 N–H and O–H groups in total. The van der Waals surface area contributed by atoms with E-state index in [-0.39, 0.29) is 0 Å². The molecule has 0 saturated heterocycles. The van der Waals surface area contributed by atoms with Gasteiger partial charge in [-0.3, -0.25) is 0 Å². The minimum atomic E-state index is -0.859. The summed E-state index contributed by atoms with van der Waals surface area (Å²) < 4.78 is 12.3. The number of unbranched alkanes of at least 4 members (excludes halogenated alkanes) is 1. The van der Waals surface area contributed by atoms with Crippen LogP contribution in [0.15, 0.2) is 6.07 Å².